The lowest BCUT2D eigenvalue weighted by atomic mass is 10.1. The Bertz CT molecular complexity index is 930. The van der Waals surface area contributed by atoms with Gasteiger partial charge in [0.2, 0.25) is 5.91 Å². The van der Waals surface area contributed by atoms with Gasteiger partial charge in [-0.15, -0.1) is 0 Å². The predicted octanol–water partition coefficient (Wildman–Crippen LogP) is 3.77. The van der Waals surface area contributed by atoms with E-state index in [0.717, 1.165) is 5.56 Å². The number of hydrogen-bond donors (Lipinski definition) is 1. The summed E-state index contributed by atoms with van der Waals surface area (Å²) in [6, 6.07) is 17.0. The van der Waals surface area contributed by atoms with E-state index in [0.29, 0.717) is 29.3 Å². The third-order valence-electron chi connectivity index (χ3n) is 4.42. The van der Waals surface area contributed by atoms with E-state index in [2.05, 4.69) is 10.3 Å². The molecule has 0 spiro atoms. The molecule has 0 saturated heterocycles. The third-order valence-corrected chi connectivity index (χ3v) is 5.12. The highest BCUT2D eigenvalue weighted by Gasteiger charge is 2.19. The van der Waals surface area contributed by atoms with E-state index in [9.17, 15) is 13.6 Å². The number of nitrogens with one attached hydrogen (secondary N) is 1. The molecule has 1 N–H and O–H groups in total. The molecule has 1 unspecified atom stereocenters. The van der Waals surface area contributed by atoms with Gasteiger partial charge in [0.05, 0.1) is 17.1 Å². The molecule has 148 valence electrons. The fraction of sp³-hybridized carbons (Fsp3) is 0.300. The molecule has 1 aromatic heterocycles. The fourth-order valence-corrected chi connectivity index (χ4v) is 3.66. The summed E-state index contributed by atoms with van der Waals surface area (Å²) < 4.78 is 27.3. The van der Waals surface area contributed by atoms with E-state index < -0.39 is 5.76 Å². The van der Waals surface area contributed by atoms with Crippen LogP contribution in [-0.4, -0.2) is 46.8 Å². The molecule has 5 nitrogen and oxygen atoms in total. The van der Waals surface area contributed by atoms with E-state index in [-0.39, 0.29) is 23.7 Å². The number of thioether (sulfide) groups is 1. The van der Waals surface area contributed by atoms with Gasteiger partial charge in [-0.05, 0) is 43.6 Å². The Morgan fingerprint density at radius 1 is 1.14 bits per heavy atom. The first kappa shape index (κ1) is 20.3. The van der Waals surface area contributed by atoms with Crippen molar-refractivity contribution in [3.8, 4) is 0 Å². The number of halogens is 2. The van der Waals surface area contributed by atoms with Gasteiger partial charge in [0.15, 0.2) is 5.16 Å². The van der Waals surface area contributed by atoms with Gasteiger partial charge < -0.3 is 14.8 Å². The van der Waals surface area contributed by atoms with Crippen LogP contribution in [0.2, 0.25) is 0 Å². The zero-order valence-electron chi connectivity index (χ0n) is 15.7. The Morgan fingerprint density at radius 2 is 1.82 bits per heavy atom. The maximum Gasteiger partial charge on any atom is 0.291 e. The SMILES string of the molecule is CN(C)C(CNC(=O)Cn1c(SC(F)F)nc2ccccc21)c1ccccc1. The van der Waals surface area contributed by atoms with Gasteiger partial charge in [-0.2, -0.15) is 8.78 Å². The molecular formula is C20H22F2N4OS. The first-order valence-electron chi connectivity index (χ1n) is 8.84. The lowest BCUT2D eigenvalue weighted by molar-refractivity contribution is -0.121. The molecular weight excluding hydrogens is 382 g/mol. The number of carbonyl (C=O) groups excluding carboxylic acids is 1. The molecule has 1 amide bonds. The second kappa shape index (κ2) is 9.16. The largest absolute Gasteiger partial charge is 0.353 e. The summed E-state index contributed by atoms with van der Waals surface area (Å²) in [5.74, 6) is -2.85. The van der Waals surface area contributed by atoms with Crippen molar-refractivity contribution < 1.29 is 13.6 Å². The average molecular weight is 404 g/mol. The number of para-hydroxylation sites is 2. The molecule has 1 atom stereocenters. The highest BCUT2D eigenvalue weighted by molar-refractivity contribution is 7.99. The van der Waals surface area contributed by atoms with Crippen LogP contribution in [0.5, 0.6) is 0 Å². The van der Waals surface area contributed by atoms with Crippen molar-refractivity contribution in [2.45, 2.75) is 23.5 Å². The van der Waals surface area contributed by atoms with Gasteiger partial charge in [0.1, 0.15) is 6.54 Å². The van der Waals surface area contributed by atoms with Crippen LogP contribution in [0.15, 0.2) is 59.8 Å². The van der Waals surface area contributed by atoms with E-state index in [1.807, 2.05) is 49.3 Å². The number of amides is 1. The first-order valence-corrected chi connectivity index (χ1v) is 9.72. The van der Waals surface area contributed by atoms with Crippen LogP contribution in [0.4, 0.5) is 8.78 Å². The molecule has 0 fully saturated rings. The predicted molar refractivity (Wildman–Crippen MR) is 107 cm³/mol. The van der Waals surface area contributed by atoms with E-state index in [1.54, 1.807) is 24.3 Å². The molecule has 0 aliphatic rings. The van der Waals surface area contributed by atoms with Crippen molar-refractivity contribution in [3.63, 3.8) is 0 Å². The van der Waals surface area contributed by atoms with Gasteiger partial charge in [0, 0.05) is 6.54 Å². The molecule has 0 aliphatic heterocycles. The van der Waals surface area contributed by atoms with Crippen LogP contribution in [0.1, 0.15) is 11.6 Å². The molecule has 28 heavy (non-hydrogen) atoms. The molecule has 3 rings (SSSR count). The van der Waals surface area contributed by atoms with Crippen molar-refractivity contribution >= 4 is 28.7 Å². The van der Waals surface area contributed by atoms with Crippen LogP contribution >= 0.6 is 11.8 Å². The number of hydrogen-bond acceptors (Lipinski definition) is 4. The van der Waals surface area contributed by atoms with Gasteiger partial charge in [-0.25, -0.2) is 4.98 Å². The number of fused-ring (bicyclic) bond motifs is 1. The van der Waals surface area contributed by atoms with Gasteiger partial charge in [0.25, 0.3) is 5.76 Å². The lowest BCUT2D eigenvalue weighted by Gasteiger charge is -2.25. The molecule has 0 aliphatic carbocycles. The minimum absolute atomic E-state index is 0.0135. The number of alkyl halides is 2. The molecule has 8 heteroatoms. The zero-order chi connectivity index (χ0) is 20.1. The quantitative estimate of drug-likeness (QED) is 0.581. The van der Waals surface area contributed by atoms with Gasteiger partial charge in [-0.3, -0.25) is 4.79 Å². The van der Waals surface area contributed by atoms with E-state index in [1.165, 1.54) is 4.57 Å². The van der Waals surface area contributed by atoms with Crippen molar-refractivity contribution in [1.82, 2.24) is 19.8 Å². The van der Waals surface area contributed by atoms with E-state index in [4.69, 9.17) is 0 Å². The maximum atomic E-state index is 12.9. The fourth-order valence-electron chi connectivity index (χ4n) is 3.06. The van der Waals surface area contributed by atoms with Gasteiger partial charge >= 0.3 is 0 Å². The Hall–Kier alpha value is -2.45. The summed E-state index contributed by atoms with van der Waals surface area (Å²) in [7, 11) is 3.90. The van der Waals surface area contributed by atoms with Crippen LogP contribution in [0.25, 0.3) is 11.0 Å². The number of benzene rings is 2. The highest BCUT2D eigenvalue weighted by atomic mass is 32.2. The normalized spacial score (nSPS) is 12.6. The van der Waals surface area contributed by atoms with Crippen molar-refractivity contribution in [1.29, 1.82) is 0 Å². The second-order valence-electron chi connectivity index (χ2n) is 6.54. The summed E-state index contributed by atoms with van der Waals surface area (Å²) >= 11 is 0.349. The number of nitrogens with zero attached hydrogens (tertiary/aromatic N) is 3. The lowest BCUT2D eigenvalue weighted by Crippen LogP contribution is -2.36. The summed E-state index contributed by atoms with van der Waals surface area (Å²) in [5, 5.41) is 3.06. The standard InChI is InChI=1S/C20H22F2N4OS/c1-25(2)17(14-8-4-3-5-9-14)12-23-18(27)13-26-16-11-7-6-10-15(16)24-20(26)28-19(21)22/h3-11,17,19H,12-13H2,1-2H3,(H,23,27). The van der Waals surface area contributed by atoms with Crippen LogP contribution in [-0.2, 0) is 11.3 Å². The summed E-state index contributed by atoms with van der Waals surface area (Å²) in [4.78, 5) is 18.8. The Balaban J connectivity index is 1.74. The Morgan fingerprint density at radius 3 is 2.50 bits per heavy atom. The zero-order valence-corrected chi connectivity index (χ0v) is 16.5. The minimum Gasteiger partial charge on any atom is -0.353 e. The Kier molecular flexibility index (Phi) is 6.64. The molecule has 0 bridgehead atoms. The topological polar surface area (TPSA) is 50.2 Å². The number of rotatable bonds is 8. The van der Waals surface area contributed by atoms with Crippen molar-refractivity contribution in [2.75, 3.05) is 20.6 Å². The average Bonchev–Trinajstić information content (AvgIpc) is 2.99. The molecule has 2 aromatic carbocycles. The van der Waals surface area contributed by atoms with E-state index >= 15 is 0 Å². The Labute approximate surface area is 166 Å². The van der Waals surface area contributed by atoms with Crippen LogP contribution < -0.4 is 5.32 Å². The van der Waals surface area contributed by atoms with Crippen LogP contribution in [0.3, 0.4) is 0 Å². The van der Waals surface area contributed by atoms with Gasteiger partial charge in [-0.1, -0.05) is 42.5 Å². The minimum atomic E-state index is -2.60. The number of aromatic nitrogens is 2. The molecule has 0 saturated carbocycles. The summed E-state index contributed by atoms with van der Waals surface area (Å²) in [5.41, 5.74) is 2.34. The monoisotopic (exact) mass is 404 g/mol. The maximum absolute atomic E-state index is 12.9. The number of imidazole rings is 1. The summed E-state index contributed by atoms with van der Waals surface area (Å²) in [6.45, 7) is 0.351. The number of likely N-dealkylation sites (N-methyl/N-ethyl adjacent to an activating group) is 1. The first-order chi connectivity index (χ1) is 13.5. The van der Waals surface area contributed by atoms with Crippen molar-refractivity contribution in [3.05, 3.63) is 60.2 Å². The van der Waals surface area contributed by atoms with Crippen molar-refractivity contribution in [2.24, 2.45) is 0 Å². The molecule has 1 heterocycles. The van der Waals surface area contributed by atoms with Crippen LogP contribution in [0, 0.1) is 0 Å². The highest BCUT2D eigenvalue weighted by Crippen LogP contribution is 2.28. The second-order valence-corrected chi connectivity index (χ2v) is 7.50. The third kappa shape index (κ3) is 4.88. The molecule has 0 radical (unpaired) electrons. The molecule has 3 aromatic rings. The number of carbonyl (C=O) groups is 1. The smallest absolute Gasteiger partial charge is 0.291 e. The summed E-state index contributed by atoms with van der Waals surface area (Å²) in [6.07, 6.45) is 0.